The molecule has 0 amide bonds. The van der Waals surface area contributed by atoms with Gasteiger partial charge >= 0.3 is 0 Å². The summed E-state index contributed by atoms with van der Waals surface area (Å²) in [6.45, 7) is 8.82. The Labute approximate surface area is 89.5 Å². The van der Waals surface area contributed by atoms with Gasteiger partial charge in [-0.3, -0.25) is 4.84 Å². The van der Waals surface area contributed by atoms with Crippen molar-refractivity contribution in [3.63, 3.8) is 0 Å². The van der Waals surface area contributed by atoms with Crippen LogP contribution >= 0.6 is 11.3 Å². The Morgan fingerprint density at radius 3 is 2.71 bits per heavy atom. The average molecular weight is 214 g/mol. The van der Waals surface area contributed by atoms with E-state index < -0.39 is 0 Å². The smallest absolute Gasteiger partial charge is 0.0926 e. The van der Waals surface area contributed by atoms with Crippen molar-refractivity contribution in [1.29, 1.82) is 0 Å². The summed E-state index contributed by atoms with van der Waals surface area (Å²) in [7, 11) is 0. The minimum absolute atomic E-state index is 0.149. The lowest BCUT2D eigenvalue weighted by atomic mass is 10.2. The molecule has 0 aliphatic carbocycles. The van der Waals surface area contributed by atoms with Gasteiger partial charge in [-0.15, -0.1) is 11.3 Å². The monoisotopic (exact) mass is 214 g/mol. The summed E-state index contributed by atoms with van der Waals surface area (Å²) < 4.78 is 0. The van der Waals surface area contributed by atoms with Gasteiger partial charge in [0.25, 0.3) is 0 Å². The fourth-order valence-corrected chi connectivity index (χ4v) is 1.66. The van der Waals surface area contributed by atoms with E-state index in [0.717, 1.165) is 12.1 Å². The molecule has 3 nitrogen and oxygen atoms in total. The Morgan fingerprint density at radius 1 is 1.50 bits per heavy atom. The van der Waals surface area contributed by atoms with Crippen molar-refractivity contribution in [2.24, 2.45) is 0 Å². The third kappa shape index (κ3) is 4.17. The first-order chi connectivity index (χ1) is 6.51. The molecule has 80 valence electrons. The molecule has 0 saturated heterocycles. The number of rotatable bonds is 4. The van der Waals surface area contributed by atoms with E-state index in [4.69, 9.17) is 4.84 Å². The number of hydrogen-bond acceptors (Lipinski definition) is 4. The first kappa shape index (κ1) is 11.6. The fraction of sp³-hybridized carbons (Fsp3) is 0.700. The van der Waals surface area contributed by atoms with Gasteiger partial charge in [-0.2, -0.15) is 5.48 Å². The van der Waals surface area contributed by atoms with Crippen molar-refractivity contribution in [1.82, 2.24) is 10.5 Å². The zero-order chi connectivity index (χ0) is 10.6. The van der Waals surface area contributed by atoms with Crippen molar-refractivity contribution in [2.45, 2.75) is 46.3 Å². The largest absolute Gasteiger partial charge is 0.296 e. The van der Waals surface area contributed by atoms with Crippen LogP contribution in [-0.4, -0.2) is 10.6 Å². The van der Waals surface area contributed by atoms with Gasteiger partial charge in [0.2, 0.25) is 0 Å². The van der Waals surface area contributed by atoms with Gasteiger partial charge in [0.15, 0.2) is 0 Å². The summed E-state index contributed by atoms with van der Waals surface area (Å²) in [5.41, 5.74) is 3.83. The summed E-state index contributed by atoms with van der Waals surface area (Å²) in [6.07, 6.45) is 1.00. The van der Waals surface area contributed by atoms with Gasteiger partial charge < -0.3 is 0 Å². The van der Waals surface area contributed by atoms with Gasteiger partial charge in [-0.25, -0.2) is 4.98 Å². The van der Waals surface area contributed by atoms with E-state index in [1.807, 2.05) is 20.8 Å². The molecule has 0 unspecified atom stereocenters. The topological polar surface area (TPSA) is 34.2 Å². The molecule has 4 heteroatoms. The maximum absolute atomic E-state index is 5.39. The van der Waals surface area contributed by atoms with E-state index >= 15 is 0 Å². The molecule has 0 bridgehead atoms. The Hall–Kier alpha value is -0.450. The van der Waals surface area contributed by atoms with Crippen LogP contribution in [-0.2, 0) is 17.8 Å². The predicted octanol–water partition coefficient (Wildman–Crippen LogP) is 2.53. The molecule has 0 radical (unpaired) electrons. The van der Waals surface area contributed by atoms with Crippen molar-refractivity contribution in [2.75, 3.05) is 0 Å². The van der Waals surface area contributed by atoms with E-state index in [0.29, 0.717) is 6.54 Å². The Bertz CT molecular complexity index is 278. The van der Waals surface area contributed by atoms with Crippen LogP contribution < -0.4 is 5.48 Å². The molecule has 1 heterocycles. The lowest BCUT2D eigenvalue weighted by molar-refractivity contribution is -0.0761. The third-order valence-corrected chi connectivity index (χ3v) is 2.58. The molecule has 1 N–H and O–H groups in total. The lowest BCUT2D eigenvalue weighted by Crippen LogP contribution is -2.28. The molecule has 0 spiro atoms. The molecule has 0 aliphatic rings. The first-order valence-electron chi connectivity index (χ1n) is 4.85. The van der Waals surface area contributed by atoms with Crippen LogP contribution in [0.1, 0.15) is 38.4 Å². The van der Waals surface area contributed by atoms with Gasteiger partial charge in [-0.05, 0) is 27.2 Å². The van der Waals surface area contributed by atoms with Gasteiger partial charge in [-0.1, -0.05) is 6.92 Å². The summed E-state index contributed by atoms with van der Waals surface area (Å²) in [6, 6.07) is 0. The number of hydrogen-bond donors (Lipinski definition) is 1. The molecule has 1 aromatic heterocycles. The highest BCUT2D eigenvalue weighted by Gasteiger charge is 2.10. The van der Waals surface area contributed by atoms with Crippen LogP contribution in [0.5, 0.6) is 0 Å². The van der Waals surface area contributed by atoms with Gasteiger partial charge in [0.05, 0.1) is 22.8 Å². The molecule has 0 aliphatic heterocycles. The van der Waals surface area contributed by atoms with Crippen LogP contribution in [0, 0.1) is 0 Å². The van der Waals surface area contributed by atoms with Crippen LogP contribution in [0.25, 0.3) is 0 Å². The predicted molar refractivity (Wildman–Crippen MR) is 59.2 cm³/mol. The third-order valence-electron chi connectivity index (χ3n) is 1.53. The second kappa shape index (κ2) is 4.87. The number of aromatic nitrogens is 1. The highest BCUT2D eigenvalue weighted by atomic mass is 32.1. The Balaban J connectivity index is 2.31. The molecule has 1 rings (SSSR count). The zero-order valence-corrected chi connectivity index (χ0v) is 10.1. The Kier molecular flexibility index (Phi) is 4.04. The van der Waals surface area contributed by atoms with Crippen LogP contribution in [0.2, 0.25) is 0 Å². The summed E-state index contributed by atoms with van der Waals surface area (Å²) in [4.78, 5) is 9.82. The highest BCUT2D eigenvalue weighted by molar-refractivity contribution is 7.09. The van der Waals surface area contributed by atoms with Crippen LogP contribution in [0.15, 0.2) is 5.38 Å². The summed E-state index contributed by atoms with van der Waals surface area (Å²) in [5, 5.41) is 3.25. The van der Waals surface area contributed by atoms with E-state index in [9.17, 15) is 0 Å². The Morgan fingerprint density at radius 2 is 2.21 bits per heavy atom. The standard InChI is InChI=1S/C10H18N2OS/c1-5-9-12-8(7-14-9)6-11-13-10(2,3)4/h7,11H,5-6H2,1-4H3. The second-order valence-corrected chi connectivity index (χ2v) is 5.06. The normalized spacial score (nSPS) is 12.0. The van der Waals surface area contributed by atoms with Gasteiger partial charge in [0, 0.05) is 5.38 Å². The number of hydroxylamine groups is 1. The van der Waals surface area contributed by atoms with Crippen LogP contribution in [0.4, 0.5) is 0 Å². The molecule has 14 heavy (non-hydrogen) atoms. The van der Waals surface area contributed by atoms with E-state index in [2.05, 4.69) is 22.8 Å². The molecule has 0 atom stereocenters. The zero-order valence-electron chi connectivity index (χ0n) is 9.26. The second-order valence-electron chi connectivity index (χ2n) is 4.12. The SMILES string of the molecule is CCc1nc(CNOC(C)(C)C)cs1. The number of aryl methyl sites for hydroxylation is 1. The van der Waals surface area contributed by atoms with Crippen molar-refractivity contribution in [3.05, 3.63) is 16.1 Å². The molecular formula is C10H18N2OS. The maximum Gasteiger partial charge on any atom is 0.0926 e. The van der Waals surface area contributed by atoms with Crippen molar-refractivity contribution < 1.29 is 4.84 Å². The molecule has 0 aromatic carbocycles. The van der Waals surface area contributed by atoms with E-state index in [-0.39, 0.29) is 5.60 Å². The highest BCUT2D eigenvalue weighted by Crippen LogP contribution is 2.10. The summed E-state index contributed by atoms with van der Waals surface area (Å²) in [5.74, 6) is 0. The maximum atomic E-state index is 5.39. The fourth-order valence-electron chi connectivity index (χ4n) is 0.919. The lowest BCUT2D eigenvalue weighted by Gasteiger charge is -2.18. The molecule has 0 fully saturated rings. The summed E-state index contributed by atoms with van der Waals surface area (Å²) >= 11 is 1.70. The molecular weight excluding hydrogens is 196 g/mol. The van der Waals surface area contributed by atoms with E-state index in [1.54, 1.807) is 11.3 Å². The quantitative estimate of drug-likeness (QED) is 0.782. The van der Waals surface area contributed by atoms with Crippen molar-refractivity contribution >= 4 is 11.3 Å². The molecule has 0 saturated carbocycles. The number of nitrogens with one attached hydrogen (secondary N) is 1. The first-order valence-corrected chi connectivity index (χ1v) is 5.73. The van der Waals surface area contributed by atoms with Crippen LogP contribution in [0.3, 0.4) is 0 Å². The number of nitrogens with zero attached hydrogens (tertiary/aromatic N) is 1. The van der Waals surface area contributed by atoms with E-state index in [1.165, 1.54) is 5.01 Å². The molecule has 1 aromatic rings. The minimum Gasteiger partial charge on any atom is -0.296 e. The van der Waals surface area contributed by atoms with Crippen molar-refractivity contribution in [3.8, 4) is 0 Å². The minimum atomic E-state index is -0.149. The number of thiazole rings is 1. The van der Waals surface area contributed by atoms with Gasteiger partial charge in [0.1, 0.15) is 0 Å². The average Bonchev–Trinajstić information content (AvgIpc) is 2.50.